The predicted octanol–water partition coefficient (Wildman–Crippen LogP) is 2.94. The Balaban J connectivity index is 3.04. The van der Waals surface area contributed by atoms with Crippen molar-refractivity contribution in [1.82, 2.24) is 0 Å². The smallest absolute Gasteiger partial charge is 0.150 e. The monoisotopic (exact) mass is 180 g/mol. The quantitative estimate of drug-likeness (QED) is 0.505. The van der Waals surface area contributed by atoms with Gasteiger partial charge in [-0.05, 0) is 24.6 Å². The summed E-state index contributed by atoms with van der Waals surface area (Å²) in [5.41, 5.74) is 1.59. The summed E-state index contributed by atoms with van der Waals surface area (Å²) >= 11 is 5.69. The Hall–Kier alpha value is -1.08. The molecule has 0 aliphatic rings. The van der Waals surface area contributed by atoms with Crippen molar-refractivity contribution in [2.24, 2.45) is 0 Å². The standard InChI is InChI=1S/C10H9ClO/c1-2-8(7-12)9-3-5-10(11)6-4-9/h2-7H,1H3/b8-2+. The lowest BCUT2D eigenvalue weighted by atomic mass is 10.1. The lowest BCUT2D eigenvalue weighted by Gasteiger charge is -1.98. The van der Waals surface area contributed by atoms with E-state index in [2.05, 4.69) is 0 Å². The second-order valence-electron chi connectivity index (χ2n) is 2.37. The number of hydrogen-bond acceptors (Lipinski definition) is 1. The van der Waals surface area contributed by atoms with Gasteiger partial charge in [0.05, 0.1) is 0 Å². The fraction of sp³-hybridized carbons (Fsp3) is 0.100. The van der Waals surface area contributed by atoms with Gasteiger partial charge in [-0.3, -0.25) is 4.79 Å². The average molecular weight is 181 g/mol. The van der Waals surface area contributed by atoms with Crippen molar-refractivity contribution in [1.29, 1.82) is 0 Å². The molecule has 0 amide bonds. The second kappa shape index (κ2) is 4.07. The van der Waals surface area contributed by atoms with Crippen LogP contribution in [0.3, 0.4) is 0 Å². The molecule has 0 saturated heterocycles. The molecule has 0 fully saturated rings. The minimum Gasteiger partial charge on any atom is -0.298 e. The fourth-order valence-corrected chi connectivity index (χ4v) is 1.07. The van der Waals surface area contributed by atoms with E-state index in [9.17, 15) is 4.79 Å². The largest absolute Gasteiger partial charge is 0.298 e. The van der Waals surface area contributed by atoms with E-state index in [4.69, 9.17) is 11.6 Å². The van der Waals surface area contributed by atoms with Crippen LogP contribution in [0, 0.1) is 0 Å². The van der Waals surface area contributed by atoms with Gasteiger partial charge >= 0.3 is 0 Å². The van der Waals surface area contributed by atoms with E-state index < -0.39 is 0 Å². The van der Waals surface area contributed by atoms with Crippen molar-refractivity contribution in [3.05, 3.63) is 40.9 Å². The van der Waals surface area contributed by atoms with E-state index >= 15 is 0 Å². The van der Waals surface area contributed by atoms with Crippen LogP contribution < -0.4 is 0 Å². The number of benzene rings is 1. The van der Waals surface area contributed by atoms with Crippen molar-refractivity contribution in [3.63, 3.8) is 0 Å². The first-order valence-electron chi connectivity index (χ1n) is 3.65. The third kappa shape index (κ3) is 1.95. The lowest BCUT2D eigenvalue weighted by Crippen LogP contribution is -1.83. The molecule has 62 valence electrons. The number of aldehydes is 1. The molecule has 0 aromatic heterocycles. The molecule has 1 aromatic carbocycles. The fourth-order valence-electron chi connectivity index (χ4n) is 0.945. The maximum Gasteiger partial charge on any atom is 0.150 e. The normalized spacial score (nSPS) is 11.3. The maximum absolute atomic E-state index is 10.5. The molecular weight excluding hydrogens is 172 g/mol. The molecule has 1 aromatic rings. The van der Waals surface area contributed by atoms with E-state index in [0.29, 0.717) is 10.6 Å². The van der Waals surface area contributed by atoms with Crippen LogP contribution in [0.4, 0.5) is 0 Å². The number of rotatable bonds is 2. The van der Waals surface area contributed by atoms with Gasteiger partial charge in [-0.25, -0.2) is 0 Å². The number of halogens is 1. The van der Waals surface area contributed by atoms with Gasteiger partial charge in [0, 0.05) is 10.6 Å². The first kappa shape index (κ1) is 9.01. The summed E-state index contributed by atoms with van der Waals surface area (Å²) in [6, 6.07) is 7.19. The Morgan fingerprint density at radius 3 is 2.33 bits per heavy atom. The van der Waals surface area contributed by atoms with Crippen molar-refractivity contribution in [3.8, 4) is 0 Å². The third-order valence-corrected chi connectivity index (χ3v) is 1.87. The molecule has 0 saturated carbocycles. The van der Waals surface area contributed by atoms with Gasteiger partial charge in [-0.2, -0.15) is 0 Å². The van der Waals surface area contributed by atoms with Crippen LogP contribution in [0.25, 0.3) is 5.57 Å². The van der Waals surface area contributed by atoms with Crippen LogP contribution in [0.1, 0.15) is 12.5 Å². The second-order valence-corrected chi connectivity index (χ2v) is 2.81. The van der Waals surface area contributed by atoms with E-state index in [0.717, 1.165) is 11.8 Å². The molecule has 2 heteroatoms. The van der Waals surface area contributed by atoms with Crippen LogP contribution >= 0.6 is 11.6 Å². The van der Waals surface area contributed by atoms with Crippen molar-refractivity contribution in [2.45, 2.75) is 6.92 Å². The summed E-state index contributed by atoms with van der Waals surface area (Å²) in [4.78, 5) is 10.5. The van der Waals surface area contributed by atoms with E-state index in [-0.39, 0.29) is 0 Å². The highest BCUT2D eigenvalue weighted by Crippen LogP contribution is 2.15. The van der Waals surface area contributed by atoms with Gasteiger partial charge in [0.2, 0.25) is 0 Å². The summed E-state index contributed by atoms with van der Waals surface area (Å²) in [5.74, 6) is 0. The molecule has 1 nitrogen and oxygen atoms in total. The molecule has 0 spiro atoms. The van der Waals surface area contributed by atoms with Gasteiger partial charge in [0.1, 0.15) is 6.29 Å². The Morgan fingerprint density at radius 1 is 1.33 bits per heavy atom. The molecule has 0 heterocycles. The van der Waals surface area contributed by atoms with Gasteiger partial charge in [0.15, 0.2) is 0 Å². The molecule has 0 unspecified atom stereocenters. The Bertz CT molecular complexity index is 298. The molecule has 0 bridgehead atoms. The Kier molecular flexibility index (Phi) is 3.06. The molecule has 0 radical (unpaired) electrons. The minimum absolute atomic E-state index is 0.681. The third-order valence-electron chi connectivity index (χ3n) is 1.62. The first-order chi connectivity index (χ1) is 5.77. The number of allylic oxidation sites excluding steroid dienone is 2. The molecule has 0 aliphatic carbocycles. The summed E-state index contributed by atoms with van der Waals surface area (Å²) in [6.45, 7) is 1.83. The maximum atomic E-state index is 10.5. The average Bonchev–Trinajstić information content (AvgIpc) is 2.10. The highest BCUT2D eigenvalue weighted by Gasteiger charge is 1.97. The van der Waals surface area contributed by atoms with Gasteiger partial charge in [0.25, 0.3) is 0 Å². The summed E-state index contributed by atoms with van der Waals surface area (Å²) in [7, 11) is 0. The molecule has 0 aliphatic heterocycles. The van der Waals surface area contributed by atoms with Gasteiger partial charge in [-0.1, -0.05) is 29.8 Å². The van der Waals surface area contributed by atoms with Crippen molar-refractivity contribution < 1.29 is 4.79 Å². The molecule has 1 rings (SSSR count). The summed E-state index contributed by atoms with van der Waals surface area (Å²) < 4.78 is 0. The van der Waals surface area contributed by atoms with Gasteiger partial charge in [-0.15, -0.1) is 0 Å². The van der Waals surface area contributed by atoms with Crippen LogP contribution in [-0.4, -0.2) is 6.29 Å². The van der Waals surface area contributed by atoms with Crippen LogP contribution in [-0.2, 0) is 4.79 Å². The van der Waals surface area contributed by atoms with Crippen LogP contribution in [0.2, 0.25) is 5.02 Å². The molecule has 0 atom stereocenters. The number of hydrogen-bond donors (Lipinski definition) is 0. The minimum atomic E-state index is 0.681. The zero-order valence-corrected chi connectivity index (χ0v) is 7.51. The molecule has 0 N–H and O–H groups in total. The first-order valence-corrected chi connectivity index (χ1v) is 4.03. The Labute approximate surface area is 76.7 Å². The predicted molar refractivity (Wildman–Crippen MR) is 51.2 cm³/mol. The van der Waals surface area contributed by atoms with Crippen molar-refractivity contribution in [2.75, 3.05) is 0 Å². The number of carbonyl (C=O) groups is 1. The highest BCUT2D eigenvalue weighted by atomic mass is 35.5. The van der Waals surface area contributed by atoms with E-state index in [1.165, 1.54) is 0 Å². The zero-order chi connectivity index (χ0) is 8.97. The highest BCUT2D eigenvalue weighted by molar-refractivity contribution is 6.30. The number of carbonyl (C=O) groups excluding carboxylic acids is 1. The van der Waals surface area contributed by atoms with Crippen LogP contribution in [0.15, 0.2) is 30.3 Å². The van der Waals surface area contributed by atoms with Crippen LogP contribution in [0.5, 0.6) is 0 Å². The van der Waals surface area contributed by atoms with E-state index in [1.807, 2.05) is 19.1 Å². The summed E-state index contributed by atoms with van der Waals surface area (Å²) in [6.07, 6.45) is 2.61. The lowest BCUT2D eigenvalue weighted by molar-refractivity contribution is -0.103. The summed E-state index contributed by atoms with van der Waals surface area (Å²) in [5, 5.41) is 0.681. The van der Waals surface area contributed by atoms with Gasteiger partial charge < -0.3 is 0 Å². The van der Waals surface area contributed by atoms with E-state index in [1.54, 1.807) is 18.2 Å². The topological polar surface area (TPSA) is 17.1 Å². The SMILES string of the molecule is C/C=C(\C=O)c1ccc(Cl)cc1. The molecular formula is C10H9ClO. The molecule has 12 heavy (non-hydrogen) atoms. The zero-order valence-electron chi connectivity index (χ0n) is 6.75. The van der Waals surface area contributed by atoms with Crippen molar-refractivity contribution >= 4 is 23.5 Å². The Morgan fingerprint density at radius 2 is 1.92 bits per heavy atom.